The van der Waals surface area contributed by atoms with E-state index in [1.54, 1.807) is 26.4 Å². The molecule has 0 saturated carbocycles. The predicted octanol–water partition coefficient (Wildman–Crippen LogP) is 4.58. The Kier molecular flexibility index (Phi) is 4.91. The Balaban J connectivity index is 1.86. The highest BCUT2D eigenvalue weighted by Crippen LogP contribution is 2.35. The van der Waals surface area contributed by atoms with E-state index in [4.69, 9.17) is 14.5 Å². The summed E-state index contributed by atoms with van der Waals surface area (Å²) < 4.78 is 12.7. The van der Waals surface area contributed by atoms with Crippen molar-refractivity contribution in [3.8, 4) is 22.8 Å². The second kappa shape index (κ2) is 7.67. The van der Waals surface area contributed by atoms with E-state index in [0.717, 1.165) is 16.8 Å². The number of nitrogens with one attached hydrogen (secondary N) is 1. The fourth-order valence-electron chi connectivity index (χ4n) is 3.22. The zero-order valence-corrected chi connectivity index (χ0v) is 16.5. The van der Waals surface area contributed by atoms with E-state index in [-0.39, 0.29) is 5.91 Å². The van der Waals surface area contributed by atoms with Crippen LogP contribution >= 0.6 is 0 Å². The van der Waals surface area contributed by atoms with Crippen molar-refractivity contribution in [2.75, 3.05) is 19.5 Å². The van der Waals surface area contributed by atoms with Crippen molar-refractivity contribution in [2.45, 2.75) is 6.92 Å². The van der Waals surface area contributed by atoms with Crippen molar-refractivity contribution in [3.05, 3.63) is 78.0 Å². The standard InChI is InChI=1S/C23H21N3O3/c1-15-9-12-20-24-21(17-10-11-18(28-2)19(13-17)29-3)22(26(20)14-15)25-23(27)16-7-5-4-6-8-16/h4-14H,1-3H3,(H,25,27). The molecule has 0 aliphatic heterocycles. The average Bonchev–Trinajstić information content (AvgIpc) is 3.11. The Morgan fingerprint density at radius 2 is 1.72 bits per heavy atom. The van der Waals surface area contributed by atoms with Gasteiger partial charge in [-0.2, -0.15) is 0 Å². The molecule has 0 spiro atoms. The van der Waals surface area contributed by atoms with Gasteiger partial charge in [-0.1, -0.05) is 24.3 Å². The number of nitrogens with zero attached hydrogens (tertiary/aromatic N) is 2. The number of fused-ring (bicyclic) bond motifs is 1. The van der Waals surface area contributed by atoms with Crippen molar-refractivity contribution in [1.82, 2.24) is 9.38 Å². The summed E-state index contributed by atoms with van der Waals surface area (Å²) in [4.78, 5) is 17.6. The maximum atomic E-state index is 12.9. The monoisotopic (exact) mass is 387 g/mol. The molecule has 6 heteroatoms. The molecule has 0 radical (unpaired) electrons. The maximum absolute atomic E-state index is 12.9. The minimum absolute atomic E-state index is 0.198. The van der Waals surface area contributed by atoms with Crippen LogP contribution in [0.3, 0.4) is 0 Å². The largest absolute Gasteiger partial charge is 0.493 e. The summed E-state index contributed by atoms with van der Waals surface area (Å²) in [6.07, 6.45) is 1.95. The first-order valence-electron chi connectivity index (χ1n) is 9.18. The Morgan fingerprint density at radius 3 is 2.45 bits per heavy atom. The smallest absolute Gasteiger partial charge is 0.256 e. The van der Waals surface area contributed by atoms with E-state index < -0.39 is 0 Å². The number of amides is 1. The van der Waals surface area contributed by atoms with Crippen LogP contribution in [0.25, 0.3) is 16.9 Å². The molecule has 29 heavy (non-hydrogen) atoms. The molecule has 4 aromatic rings. The Labute approximate surface area is 168 Å². The average molecular weight is 387 g/mol. The third-order valence-electron chi connectivity index (χ3n) is 4.69. The lowest BCUT2D eigenvalue weighted by Gasteiger charge is -2.11. The number of carbonyl (C=O) groups excluding carboxylic acids is 1. The third-order valence-corrected chi connectivity index (χ3v) is 4.69. The van der Waals surface area contributed by atoms with Gasteiger partial charge < -0.3 is 14.8 Å². The van der Waals surface area contributed by atoms with Crippen LogP contribution in [0.2, 0.25) is 0 Å². The Hall–Kier alpha value is -3.80. The van der Waals surface area contributed by atoms with E-state index in [9.17, 15) is 4.79 Å². The first kappa shape index (κ1) is 18.6. The number of aryl methyl sites for hydroxylation is 1. The highest BCUT2D eigenvalue weighted by molar-refractivity contribution is 6.05. The number of hydrogen-bond donors (Lipinski definition) is 1. The number of imidazole rings is 1. The van der Waals surface area contributed by atoms with Crippen molar-refractivity contribution < 1.29 is 14.3 Å². The lowest BCUT2D eigenvalue weighted by molar-refractivity contribution is 0.102. The molecule has 0 unspecified atom stereocenters. The summed E-state index contributed by atoms with van der Waals surface area (Å²) in [5, 5.41) is 3.03. The van der Waals surface area contributed by atoms with Crippen LogP contribution in [0.15, 0.2) is 66.9 Å². The fraction of sp³-hybridized carbons (Fsp3) is 0.130. The van der Waals surface area contributed by atoms with Gasteiger partial charge in [-0.15, -0.1) is 0 Å². The van der Waals surface area contributed by atoms with Crippen LogP contribution in [-0.4, -0.2) is 29.5 Å². The number of pyridine rings is 1. The van der Waals surface area contributed by atoms with Crippen LogP contribution in [-0.2, 0) is 0 Å². The van der Waals surface area contributed by atoms with Gasteiger partial charge in [-0.25, -0.2) is 4.98 Å². The van der Waals surface area contributed by atoms with Crippen LogP contribution in [0.5, 0.6) is 11.5 Å². The summed E-state index contributed by atoms with van der Waals surface area (Å²) in [6, 6.07) is 18.6. The molecular formula is C23H21N3O3. The summed E-state index contributed by atoms with van der Waals surface area (Å²) in [6.45, 7) is 2.00. The minimum atomic E-state index is -0.198. The number of ether oxygens (including phenoxy) is 2. The topological polar surface area (TPSA) is 64.9 Å². The number of aromatic nitrogens is 2. The van der Waals surface area contributed by atoms with Gasteiger partial charge in [0.25, 0.3) is 5.91 Å². The molecule has 6 nitrogen and oxygen atoms in total. The number of anilines is 1. The fourth-order valence-corrected chi connectivity index (χ4v) is 3.22. The zero-order chi connectivity index (χ0) is 20.4. The van der Waals surface area contributed by atoms with Gasteiger partial charge in [-0.05, 0) is 48.9 Å². The minimum Gasteiger partial charge on any atom is -0.493 e. The predicted molar refractivity (Wildman–Crippen MR) is 113 cm³/mol. The number of rotatable bonds is 5. The van der Waals surface area contributed by atoms with E-state index in [2.05, 4.69) is 5.32 Å². The molecule has 4 rings (SSSR count). The summed E-state index contributed by atoms with van der Waals surface area (Å²) >= 11 is 0. The molecule has 0 atom stereocenters. The van der Waals surface area contributed by atoms with Gasteiger partial charge in [0.05, 0.1) is 14.2 Å². The zero-order valence-electron chi connectivity index (χ0n) is 16.5. The number of benzene rings is 2. The van der Waals surface area contributed by atoms with Gasteiger partial charge in [0, 0.05) is 17.3 Å². The number of carbonyl (C=O) groups is 1. The molecule has 2 heterocycles. The molecule has 0 fully saturated rings. The molecule has 0 bridgehead atoms. The number of hydrogen-bond acceptors (Lipinski definition) is 4. The lowest BCUT2D eigenvalue weighted by atomic mass is 10.1. The van der Waals surface area contributed by atoms with Crippen molar-refractivity contribution in [1.29, 1.82) is 0 Å². The SMILES string of the molecule is COc1ccc(-c2nc3ccc(C)cn3c2NC(=O)c2ccccc2)cc1OC. The Morgan fingerprint density at radius 1 is 0.966 bits per heavy atom. The van der Waals surface area contributed by atoms with Crippen LogP contribution in [0, 0.1) is 6.92 Å². The normalized spacial score (nSPS) is 10.7. The van der Waals surface area contributed by atoms with Gasteiger partial charge in [-0.3, -0.25) is 9.20 Å². The molecule has 2 aromatic carbocycles. The summed E-state index contributed by atoms with van der Waals surface area (Å²) in [7, 11) is 3.18. The molecular weight excluding hydrogens is 366 g/mol. The third kappa shape index (κ3) is 3.52. The van der Waals surface area contributed by atoms with E-state index in [1.165, 1.54) is 0 Å². The highest BCUT2D eigenvalue weighted by atomic mass is 16.5. The first-order chi connectivity index (χ1) is 14.1. The van der Waals surface area contributed by atoms with E-state index in [0.29, 0.717) is 28.6 Å². The van der Waals surface area contributed by atoms with Gasteiger partial charge >= 0.3 is 0 Å². The van der Waals surface area contributed by atoms with Crippen molar-refractivity contribution >= 4 is 17.4 Å². The molecule has 2 aromatic heterocycles. The Bertz CT molecular complexity index is 1180. The van der Waals surface area contributed by atoms with Gasteiger partial charge in [0.2, 0.25) is 0 Å². The van der Waals surface area contributed by atoms with Crippen LogP contribution in [0.1, 0.15) is 15.9 Å². The quantitative estimate of drug-likeness (QED) is 0.544. The first-order valence-corrected chi connectivity index (χ1v) is 9.18. The maximum Gasteiger partial charge on any atom is 0.256 e. The second-order valence-corrected chi connectivity index (χ2v) is 6.63. The van der Waals surface area contributed by atoms with E-state index >= 15 is 0 Å². The summed E-state index contributed by atoms with van der Waals surface area (Å²) in [5.74, 6) is 1.63. The molecule has 0 saturated heterocycles. The van der Waals surface area contributed by atoms with Crippen molar-refractivity contribution in [3.63, 3.8) is 0 Å². The highest BCUT2D eigenvalue weighted by Gasteiger charge is 2.19. The lowest BCUT2D eigenvalue weighted by Crippen LogP contribution is -2.14. The molecule has 0 aliphatic rings. The molecule has 1 N–H and O–H groups in total. The van der Waals surface area contributed by atoms with Gasteiger partial charge in [0.15, 0.2) is 11.5 Å². The van der Waals surface area contributed by atoms with E-state index in [1.807, 2.05) is 66.1 Å². The summed E-state index contributed by atoms with van der Waals surface area (Å²) in [5.41, 5.74) is 3.84. The number of methoxy groups -OCH3 is 2. The van der Waals surface area contributed by atoms with Crippen molar-refractivity contribution in [2.24, 2.45) is 0 Å². The van der Waals surface area contributed by atoms with Crippen LogP contribution in [0.4, 0.5) is 5.82 Å². The van der Waals surface area contributed by atoms with Gasteiger partial charge in [0.1, 0.15) is 17.2 Å². The second-order valence-electron chi connectivity index (χ2n) is 6.63. The van der Waals surface area contributed by atoms with Crippen LogP contribution < -0.4 is 14.8 Å². The molecule has 1 amide bonds. The molecule has 146 valence electrons. The molecule has 0 aliphatic carbocycles.